The molecule has 0 saturated heterocycles. The molecule has 0 aliphatic heterocycles. The summed E-state index contributed by atoms with van der Waals surface area (Å²) in [4.78, 5) is 1.24. The van der Waals surface area contributed by atoms with Crippen molar-refractivity contribution < 1.29 is 0 Å². The molecule has 1 N–H and O–H groups in total. The number of nitrogens with one attached hydrogen (secondary N) is 1. The lowest BCUT2D eigenvalue weighted by Crippen LogP contribution is -2.12. The number of thioether (sulfide) groups is 1. The van der Waals surface area contributed by atoms with Gasteiger partial charge >= 0.3 is 0 Å². The second-order valence-corrected chi connectivity index (χ2v) is 4.87. The molecule has 0 spiro atoms. The van der Waals surface area contributed by atoms with Gasteiger partial charge in [0.25, 0.3) is 0 Å². The van der Waals surface area contributed by atoms with E-state index in [1.165, 1.54) is 16.9 Å². The van der Waals surface area contributed by atoms with Crippen LogP contribution in [0, 0.1) is 0 Å². The van der Waals surface area contributed by atoms with Gasteiger partial charge in [-0.25, -0.2) is 0 Å². The molecule has 0 aromatic heterocycles. The molecule has 0 bridgehead atoms. The van der Waals surface area contributed by atoms with Crippen molar-refractivity contribution in [3.05, 3.63) is 28.8 Å². The highest BCUT2D eigenvalue weighted by molar-refractivity contribution is 7.99. The SMILES string of the molecule is CCCSc1c(Cl)cccc1CNCC. The van der Waals surface area contributed by atoms with E-state index in [1.807, 2.05) is 23.9 Å². The van der Waals surface area contributed by atoms with Crippen LogP contribution in [0.4, 0.5) is 0 Å². The molecule has 0 saturated carbocycles. The summed E-state index contributed by atoms with van der Waals surface area (Å²) in [5.74, 6) is 1.13. The lowest BCUT2D eigenvalue weighted by molar-refractivity contribution is 0.718. The summed E-state index contributed by atoms with van der Waals surface area (Å²) in [5, 5.41) is 4.22. The highest BCUT2D eigenvalue weighted by Crippen LogP contribution is 2.31. The molecule has 1 nitrogen and oxygen atoms in total. The Morgan fingerprint density at radius 2 is 2.13 bits per heavy atom. The Kier molecular flexibility index (Phi) is 6.15. The maximum atomic E-state index is 6.20. The summed E-state index contributed by atoms with van der Waals surface area (Å²) >= 11 is 8.05. The molecule has 3 heteroatoms. The predicted molar refractivity (Wildman–Crippen MR) is 69.8 cm³/mol. The van der Waals surface area contributed by atoms with E-state index >= 15 is 0 Å². The maximum Gasteiger partial charge on any atom is 0.0545 e. The summed E-state index contributed by atoms with van der Waals surface area (Å²) in [6, 6.07) is 6.13. The van der Waals surface area contributed by atoms with Crippen LogP contribution >= 0.6 is 23.4 Å². The molecule has 1 aromatic rings. The van der Waals surface area contributed by atoms with Crippen molar-refractivity contribution in [3.8, 4) is 0 Å². The highest BCUT2D eigenvalue weighted by Gasteiger charge is 2.06. The van der Waals surface area contributed by atoms with Crippen LogP contribution in [-0.2, 0) is 6.54 Å². The molecule has 0 radical (unpaired) electrons. The van der Waals surface area contributed by atoms with Crippen LogP contribution in [0.2, 0.25) is 5.02 Å². The Balaban J connectivity index is 2.77. The summed E-state index contributed by atoms with van der Waals surface area (Å²) in [5.41, 5.74) is 1.31. The second-order valence-electron chi connectivity index (χ2n) is 3.36. The summed E-state index contributed by atoms with van der Waals surface area (Å²) < 4.78 is 0. The van der Waals surface area contributed by atoms with E-state index in [9.17, 15) is 0 Å². The van der Waals surface area contributed by atoms with E-state index in [4.69, 9.17) is 11.6 Å². The standard InChI is InChI=1S/C12H18ClNS/c1-3-8-15-12-10(9-14-4-2)6-5-7-11(12)13/h5-7,14H,3-4,8-9H2,1-2H3. The lowest BCUT2D eigenvalue weighted by Gasteiger charge is -2.10. The van der Waals surface area contributed by atoms with Gasteiger partial charge < -0.3 is 5.32 Å². The summed E-state index contributed by atoms with van der Waals surface area (Å²) in [7, 11) is 0. The molecule has 0 atom stereocenters. The molecule has 1 aromatic carbocycles. The van der Waals surface area contributed by atoms with Crippen molar-refractivity contribution in [3.63, 3.8) is 0 Å². The Bertz CT molecular complexity index is 302. The summed E-state index contributed by atoms with van der Waals surface area (Å²) in [6.07, 6.45) is 1.18. The van der Waals surface area contributed by atoms with Gasteiger partial charge in [0, 0.05) is 11.4 Å². The van der Waals surface area contributed by atoms with E-state index in [-0.39, 0.29) is 0 Å². The van der Waals surface area contributed by atoms with E-state index < -0.39 is 0 Å². The Morgan fingerprint density at radius 1 is 1.33 bits per heavy atom. The first-order valence-electron chi connectivity index (χ1n) is 5.40. The van der Waals surface area contributed by atoms with Gasteiger partial charge in [0.05, 0.1) is 5.02 Å². The minimum atomic E-state index is 0.879. The fraction of sp³-hybridized carbons (Fsp3) is 0.500. The Hall–Kier alpha value is -0.180. The maximum absolute atomic E-state index is 6.20. The Labute approximate surface area is 102 Å². The molecule has 0 aliphatic rings. The first kappa shape index (κ1) is 12.9. The monoisotopic (exact) mass is 243 g/mol. The van der Waals surface area contributed by atoms with Crippen LogP contribution < -0.4 is 5.32 Å². The van der Waals surface area contributed by atoms with Gasteiger partial charge in [0.15, 0.2) is 0 Å². The Morgan fingerprint density at radius 3 is 2.80 bits per heavy atom. The molecule has 15 heavy (non-hydrogen) atoms. The predicted octanol–water partition coefficient (Wildman–Crippen LogP) is 3.95. The van der Waals surface area contributed by atoms with Gasteiger partial charge in [-0.05, 0) is 30.3 Å². The zero-order valence-corrected chi connectivity index (χ0v) is 10.9. The first-order valence-corrected chi connectivity index (χ1v) is 6.76. The quantitative estimate of drug-likeness (QED) is 0.760. The smallest absolute Gasteiger partial charge is 0.0545 e. The number of rotatable bonds is 6. The van der Waals surface area contributed by atoms with E-state index in [1.54, 1.807) is 0 Å². The molecule has 0 aliphatic carbocycles. The van der Waals surface area contributed by atoms with Crippen molar-refractivity contribution in [1.82, 2.24) is 5.32 Å². The number of halogens is 1. The van der Waals surface area contributed by atoms with Gasteiger partial charge in [0.1, 0.15) is 0 Å². The average Bonchev–Trinajstić information content (AvgIpc) is 2.25. The molecular weight excluding hydrogens is 226 g/mol. The third-order valence-corrected chi connectivity index (χ3v) is 3.87. The van der Waals surface area contributed by atoms with Gasteiger partial charge in [-0.3, -0.25) is 0 Å². The number of hydrogen-bond acceptors (Lipinski definition) is 2. The minimum absolute atomic E-state index is 0.879. The normalized spacial score (nSPS) is 10.6. The fourth-order valence-electron chi connectivity index (χ4n) is 1.32. The fourth-order valence-corrected chi connectivity index (χ4v) is 2.62. The highest BCUT2D eigenvalue weighted by atomic mass is 35.5. The zero-order valence-electron chi connectivity index (χ0n) is 9.35. The van der Waals surface area contributed by atoms with E-state index in [2.05, 4.69) is 25.2 Å². The molecule has 0 heterocycles. The number of hydrogen-bond donors (Lipinski definition) is 1. The van der Waals surface area contributed by atoms with Crippen molar-refractivity contribution in [1.29, 1.82) is 0 Å². The lowest BCUT2D eigenvalue weighted by atomic mass is 10.2. The van der Waals surface area contributed by atoms with Crippen molar-refractivity contribution in [2.45, 2.75) is 31.7 Å². The van der Waals surface area contributed by atoms with Gasteiger partial charge in [-0.1, -0.05) is 37.6 Å². The van der Waals surface area contributed by atoms with Crippen molar-refractivity contribution >= 4 is 23.4 Å². The first-order chi connectivity index (χ1) is 7.29. The second kappa shape index (κ2) is 7.15. The minimum Gasteiger partial charge on any atom is -0.313 e. The van der Waals surface area contributed by atoms with Crippen LogP contribution in [0.1, 0.15) is 25.8 Å². The van der Waals surface area contributed by atoms with E-state index in [0.717, 1.165) is 23.9 Å². The molecule has 84 valence electrons. The average molecular weight is 244 g/mol. The van der Waals surface area contributed by atoms with Crippen LogP contribution in [0.3, 0.4) is 0 Å². The van der Waals surface area contributed by atoms with Crippen LogP contribution in [0.5, 0.6) is 0 Å². The van der Waals surface area contributed by atoms with Crippen LogP contribution in [0.25, 0.3) is 0 Å². The van der Waals surface area contributed by atoms with E-state index in [0.29, 0.717) is 0 Å². The van der Waals surface area contributed by atoms with Crippen LogP contribution in [0.15, 0.2) is 23.1 Å². The van der Waals surface area contributed by atoms with Gasteiger partial charge in [-0.15, -0.1) is 11.8 Å². The molecule has 0 amide bonds. The molecule has 0 fully saturated rings. The number of benzene rings is 1. The third kappa shape index (κ3) is 4.06. The van der Waals surface area contributed by atoms with Crippen LogP contribution in [-0.4, -0.2) is 12.3 Å². The third-order valence-electron chi connectivity index (χ3n) is 2.06. The van der Waals surface area contributed by atoms with Crippen molar-refractivity contribution in [2.75, 3.05) is 12.3 Å². The van der Waals surface area contributed by atoms with Gasteiger partial charge in [-0.2, -0.15) is 0 Å². The molecule has 0 unspecified atom stereocenters. The van der Waals surface area contributed by atoms with Crippen molar-refractivity contribution in [2.24, 2.45) is 0 Å². The molecular formula is C12H18ClNS. The molecule has 1 rings (SSSR count). The largest absolute Gasteiger partial charge is 0.313 e. The zero-order chi connectivity index (χ0) is 11.1. The van der Waals surface area contributed by atoms with Gasteiger partial charge in [0.2, 0.25) is 0 Å². The summed E-state index contributed by atoms with van der Waals surface area (Å²) in [6.45, 7) is 6.20. The topological polar surface area (TPSA) is 12.0 Å².